The zero-order valence-electron chi connectivity index (χ0n) is 9.23. The maximum absolute atomic E-state index is 12.9. The lowest BCUT2D eigenvalue weighted by Gasteiger charge is -2.09. The molecule has 0 spiro atoms. The number of carboxylic acids is 1. The second-order valence-corrected chi connectivity index (χ2v) is 4.71. The van der Waals surface area contributed by atoms with E-state index in [4.69, 9.17) is 21.4 Å². The Bertz CT molecular complexity index is 651. The van der Waals surface area contributed by atoms with Crippen LogP contribution in [0.25, 0.3) is 0 Å². The average Bonchev–Trinajstić information content (AvgIpc) is 2.32. The third-order valence-electron chi connectivity index (χ3n) is 2.16. The van der Waals surface area contributed by atoms with Gasteiger partial charge in [0.15, 0.2) is 0 Å². The number of ether oxygens (including phenoxy) is 1. The number of hydrogen-bond acceptors (Lipinski definition) is 3. The highest BCUT2D eigenvalue weighted by atomic mass is 79.9. The lowest BCUT2D eigenvalue weighted by Crippen LogP contribution is -2.02. The molecule has 7 heteroatoms. The Labute approximate surface area is 120 Å². The summed E-state index contributed by atoms with van der Waals surface area (Å²) in [4.78, 5) is 14.8. The molecule has 1 aromatic carbocycles. The normalized spacial score (nSPS) is 10.3. The minimum Gasteiger partial charge on any atom is -0.477 e. The van der Waals surface area contributed by atoms with E-state index in [1.54, 1.807) is 0 Å². The molecule has 0 aliphatic carbocycles. The van der Waals surface area contributed by atoms with Gasteiger partial charge in [0.05, 0.1) is 4.47 Å². The Morgan fingerprint density at radius 3 is 2.74 bits per heavy atom. The Hall–Kier alpha value is -1.66. The van der Waals surface area contributed by atoms with Gasteiger partial charge in [-0.1, -0.05) is 11.6 Å². The summed E-state index contributed by atoms with van der Waals surface area (Å²) < 4.78 is 18.6. The highest BCUT2D eigenvalue weighted by Gasteiger charge is 2.15. The van der Waals surface area contributed by atoms with Gasteiger partial charge < -0.3 is 9.84 Å². The molecule has 0 radical (unpaired) electrons. The summed E-state index contributed by atoms with van der Waals surface area (Å²) in [7, 11) is 0. The highest BCUT2D eigenvalue weighted by molar-refractivity contribution is 9.10. The molecule has 2 rings (SSSR count). The van der Waals surface area contributed by atoms with Crippen molar-refractivity contribution < 1.29 is 19.0 Å². The van der Waals surface area contributed by atoms with Crippen molar-refractivity contribution in [3.8, 4) is 11.6 Å². The second-order valence-electron chi connectivity index (χ2n) is 3.47. The Morgan fingerprint density at radius 2 is 2.11 bits per heavy atom. The van der Waals surface area contributed by atoms with Gasteiger partial charge in [-0.3, -0.25) is 0 Å². The van der Waals surface area contributed by atoms with Crippen molar-refractivity contribution in [1.29, 1.82) is 0 Å². The first kappa shape index (κ1) is 13.8. The van der Waals surface area contributed by atoms with E-state index in [9.17, 15) is 9.18 Å². The third-order valence-corrected chi connectivity index (χ3v) is 2.99. The van der Waals surface area contributed by atoms with Gasteiger partial charge in [0.1, 0.15) is 22.3 Å². The summed E-state index contributed by atoms with van der Waals surface area (Å²) >= 11 is 8.81. The number of carbonyl (C=O) groups is 1. The standard InChI is InChI=1S/C12H6BrClFNO3/c13-8-5-6(15)1-3-9(8)19-11-7(12(17)18)2-4-10(14)16-11/h1-5H,(H,17,18). The van der Waals surface area contributed by atoms with Gasteiger partial charge in [-0.05, 0) is 46.3 Å². The fourth-order valence-electron chi connectivity index (χ4n) is 1.32. The summed E-state index contributed by atoms with van der Waals surface area (Å²) in [5.41, 5.74) is -0.138. The molecule has 1 aromatic heterocycles. The van der Waals surface area contributed by atoms with Crippen molar-refractivity contribution in [2.24, 2.45) is 0 Å². The Balaban J connectivity index is 2.42. The number of hydrogen-bond donors (Lipinski definition) is 1. The number of carboxylic acid groups (broad SMARTS) is 1. The Morgan fingerprint density at radius 1 is 1.37 bits per heavy atom. The highest BCUT2D eigenvalue weighted by Crippen LogP contribution is 2.31. The van der Waals surface area contributed by atoms with E-state index in [1.165, 1.54) is 30.3 Å². The third kappa shape index (κ3) is 3.21. The maximum Gasteiger partial charge on any atom is 0.341 e. The molecule has 4 nitrogen and oxygen atoms in total. The van der Waals surface area contributed by atoms with Crippen LogP contribution in [0.15, 0.2) is 34.8 Å². The number of pyridine rings is 1. The van der Waals surface area contributed by atoms with E-state index in [0.717, 1.165) is 0 Å². The van der Waals surface area contributed by atoms with E-state index in [-0.39, 0.29) is 22.3 Å². The summed E-state index contributed by atoms with van der Waals surface area (Å²) in [5, 5.41) is 9.11. The summed E-state index contributed by atoms with van der Waals surface area (Å²) in [5.74, 6) is -1.57. The molecule has 0 saturated heterocycles. The minimum atomic E-state index is -1.20. The predicted molar refractivity (Wildman–Crippen MR) is 70.4 cm³/mol. The van der Waals surface area contributed by atoms with Gasteiger partial charge in [-0.15, -0.1) is 0 Å². The predicted octanol–water partition coefficient (Wildman–Crippen LogP) is 4.13. The zero-order chi connectivity index (χ0) is 14.0. The van der Waals surface area contributed by atoms with E-state index in [0.29, 0.717) is 4.47 Å². The fraction of sp³-hybridized carbons (Fsp3) is 0. The van der Waals surface area contributed by atoms with Gasteiger partial charge in [-0.2, -0.15) is 0 Å². The minimum absolute atomic E-state index is 0.0956. The average molecular weight is 347 g/mol. The molecule has 19 heavy (non-hydrogen) atoms. The second kappa shape index (κ2) is 5.54. The largest absolute Gasteiger partial charge is 0.477 e. The number of nitrogens with zero attached hydrogens (tertiary/aromatic N) is 1. The van der Waals surface area contributed by atoms with Gasteiger partial charge in [0, 0.05) is 0 Å². The molecule has 1 N–H and O–H groups in total. The lowest BCUT2D eigenvalue weighted by atomic mass is 10.3. The molecule has 98 valence electrons. The molecular formula is C12H6BrClFNO3. The van der Waals surface area contributed by atoms with Crippen molar-refractivity contribution in [1.82, 2.24) is 4.98 Å². The molecule has 0 amide bonds. The molecule has 2 aromatic rings. The van der Waals surface area contributed by atoms with Crippen molar-refractivity contribution in [2.75, 3.05) is 0 Å². The molecule has 0 bridgehead atoms. The van der Waals surface area contributed by atoms with Crippen LogP contribution >= 0.6 is 27.5 Å². The maximum atomic E-state index is 12.9. The first-order chi connectivity index (χ1) is 8.97. The van der Waals surface area contributed by atoms with Crippen LogP contribution in [0.1, 0.15) is 10.4 Å². The first-order valence-electron chi connectivity index (χ1n) is 5.00. The SMILES string of the molecule is O=C(O)c1ccc(Cl)nc1Oc1ccc(F)cc1Br. The summed E-state index contributed by atoms with van der Waals surface area (Å²) in [6, 6.07) is 6.36. The van der Waals surface area contributed by atoms with Crippen LogP contribution < -0.4 is 4.74 Å². The lowest BCUT2D eigenvalue weighted by molar-refractivity contribution is 0.0693. The van der Waals surface area contributed by atoms with Crippen molar-refractivity contribution in [3.05, 3.63) is 51.3 Å². The topological polar surface area (TPSA) is 59.4 Å². The van der Waals surface area contributed by atoms with Crippen molar-refractivity contribution >= 4 is 33.5 Å². The number of aromatic carboxylic acids is 1. The zero-order valence-corrected chi connectivity index (χ0v) is 11.6. The molecular weight excluding hydrogens is 340 g/mol. The van der Waals surface area contributed by atoms with Crippen LogP contribution in [0.2, 0.25) is 5.15 Å². The number of benzene rings is 1. The van der Waals surface area contributed by atoms with Crippen LogP contribution in [0.3, 0.4) is 0 Å². The smallest absolute Gasteiger partial charge is 0.341 e. The molecule has 0 aliphatic rings. The monoisotopic (exact) mass is 345 g/mol. The van der Waals surface area contributed by atoms with E-state index >= 15 is 0 Å². The van der Waals surface area contributed by atoms with E-state index in [1.807, 2.05) is 0 Å². The first-order valence-corrected chi connectivity index (χ1v) is 6.17. The van der Waals surface area contributed by atoms with E-state index < -0.39 is 11.8 Å². The molecule has 0 saturated carbocycles. The number of rotatable bonds is 3. The van der Waals surface area contributed by atoms with Crippen LogP contribution in [0.5, 0.6) is 11.6 Å². The van der Waals surface area contributed by atoms with Crippen LogP contribution in [-0.2, 0) is 0 Å². The molecule has 0 atom stereocenters. The number of halogens is 3. The molecule has 1 heterocycles. The molecule has 0 fully saturated rings. The van der Waals surface area contributed by atoms with Gasteiger partial charge in [0.2, 0.25) is 5.88 Å². The number of aromatic nitrogens is 1. The van der Waals surface area contributed by atoms with Gasteiger partial charge in [0.25, 0.3) is 0 Å². The van der Waals surface area contributed by atoms with Gasteiger partial charge in [-0.25, -0.2) is 14.2 Å². The summed E-state index contributed by atoms with van der Waals surface area (Å²) in [6.45, 7) is 0. The Kier molecular flexibility index (Phi) is 4.01. The molecule has 0 unspecified atom stereocenters. The quantitative estimate of drug-likeness (QED) is 0.849. The fourth-order valence-corrected chi connectivity index (χ4v) is 1.89. The van der Waals surface area contributed by atoms with Crippen molar-refractivity contribution in [2.45, 2.75) is 0 Å². The van der Waals surface area contributed by atoms with Crippen LogP contribution in [-0.4, -0.2) is 16.1 Å². The van der Waals surface area contributed by atoms with Crippen LogP contribution in [0, 0.1) is 5.82 Å². The summed E-state index contributed by atoms with van der Waals surface area (Å²) in [6.07, 6.45) is 0. The van der Waals surface area contributed by atoms with E-state index in [2.05, 4.69) is 20.9 Å². The van der Waals surface area contributed by atoms with Gasteiger partial charge >= 0.3 is 5.97 Å². The van der Waals surface area contributed by atoms with Crippen molar-refractivity contribution in [3.63, 3.8) is 0 Å². The molecule has 0 aliphatic heterocycles. The van der Waals surface area contributed by atoms with Crippen LogP contribution in [0.4, 0.5) is 4.39 Å².